The van der Waals surface area contributed by atoms with Crippen molar-refractivity contribution in [3.05, 3.63) is 0 Å². The topological polar surface area (TPSA) is 237 Å². The molecule has 0 amide bonds. The normalized spacial score (nSPS) is 14.2. The van der Waals surface area contributed by atoms with Gasteiger partial charge in [-0.3, -0.25) is 37.3 Å². The minimum absolute atomic E-state index is 0.107. The number of aliphatic hydroxyl groups excluding tert-OH is 1. The van der Waals surface area contributed by atoms with Crippen LogP contribution >= 0.6 is 15.6 Å². The minimum atomic E-state index is -4.96. The lowest BCUT2D eigenvalue weighted by Crippen LogP contribution is -2.30. The molecule has 0 rings (SSSR count). The number of esters is 4. The number of aliphatic hydroxyl groups is 1. The number of carbonyl (C=O) groups excluding carboxylic acids is 4. The third-order valence-corrected chi connectivity index (χ3v) is 21.2. The quantitative estimate of drug-likeness (QED) is 0.0222. The van der Waals surface area contributed by atoms with Crippen LogP contribution < -0.4 is 0 Å². The molecule has 0 aromatic rings. The van der Waals surface area contributed by atoms with E-state index in [1.165, 1.54) is 244 Å². The summed E-state index contributed by atoms with van der Waals surface area (Å²) in [5.74, 6) is -0.501. The molecule has 594 valence electrons. The molecule has 3 unspecified atom stereocenters. The van der Waals surface area contributed by atoms with E-state index >= 15 is 0 Å². The van der Waals surface area contributed by atoms with E-state index in [1.54, 1.807) is 0 Å². The van der Waals surface area contributed by atoms with E-state index in [-0.39, 0.29) is 25.7 Å². The highest BCUT2D eigenvalue weighted by Crippen LogP contribution is 2.45. The van der Waals surface area contributed by atoms with Crippen molar-refractivity contribution in [2.24, 2.45) is 11.8 Å². The molecule has 0 aromatic heterocycles. The van der Waals surface area contributed by atoms with E-state index in [4.69, 9.17) is 37.0 Å². The fraction of sp³-hybridized carbons (Fsp3) is 0.951. The van der Waals surface area contributed by atoms with Gasteiger partial charge in [-0.15, -0.1) is 0 Å². The van der Waals surface area contributed by atoms with Crippen molar-refractivity contribution in [3.8, 4) is 0 Å². The Morgan fingerprint density at radius 1 is 0.290 bits per heavy atom. The molecular formula is C81H158O17P2. The second-order valence-corrected chi connectivity index (χ2v) is 32.8. The highest BCUT2D eigenvalue weighted by molar-refractivity contribution is 7.47. The van der Waals surface area contributed by atoms with Crippen LogP contribution in [0.15, 0.2) is 0 Å². The molecule has 0 spiro atoms. The number of hydrogen-bond acceptors (Lipinski definition) is 15. The first kappa shape index (κ1) is 98.1. The molecular weight excluding hydrogens is 1310 g/mol. The molecule has 19 heteroatoms. The maximum atomic E-state index is 13.1. The molecule has 0 saturated heterocycles. The lowest BCUT2D eigenvalue weighted by atomic mass is 9.99. The Morgan fingerprint density at radius 2 is 0.510 bits per heavy atom. The van der Waals surface area contributed by atoms with Crippen molar-refractivity contribution >= 4 is 39.5 Å². The van der Waals surface area contributed by atoms with Gasteiger partial charge in [-0.2, -0.15) is 0 Å². The zero-order valence-electron chi connectivity index (χ0n) is 65.5. The van der Waals surface area contributed by atoms with Crippen molar-refractivity contribution in [1.82, 2.24) is 0 Å². The molecule has 6 atom stereocenters. The molecule has 3 N–H and O–H groups in total. The van der Waals surface area contributed by atoms with Gasteiger partial charge in [0.05, 0.1) is 26.4 Å². The van der Waals surface area contributed by atoms with Crippen molar-refractivity contribution < 1.29 is 80.2 Å². The molecule has 0 radical (unpaired) electrons. The molecule has 0 bridgehead atoms. The van der Waals surface area contributed by atoms with Gasteiger partial charge in [-0.25, -0.2) is 9.13 Å². The van der Waals surface area contributed by atoms with Crippen molar-refractivity contribution in [3.63, 3.8) is 0 Å². The summed E-state index contributed by atoms with van der Waals surface area (Å²) in [6, 6.07) is 0. The molecule has 0 fully saturated rings. The Hall–Kier alpha value is -1.94. The zero-order valence-corrected chi connectivity index (χ0v) is 67.3. The molecule has 0 saturated carbocycles. The number of rotatable bonds is 80. The van der Waals surface area contributed by atoms with Gasteiger partial charge in [-0.1, -0.05) is 375 Å². The number of carbonyl (C=O) groups is 4. The van der Waals surface area contributed by atoms with E-state index in [9.17, 15) is 43.2 Å². The third kappa shape index (κ3) is 73.0. The summed E-state index contributed by atoms with van der Waals surface area (Å²) in [5, 5.41) is 10.6. The van der Waals surface area contributed by atoms with Gasteiger partial charge in [-0.05, 0) is 37.5 Å². The largest absolute Gasteiger partial charge is 0.472 e. The lowest BCUT2D eigenvalue weighted by molar-refractivity contribution is -0.161. The van der Waals surface area contributed by atoms with Crippen molar-refractivity contribution in [1.29, 1.82) is 0 Å². The van der Waals surface area contributed by atoms with Crippen LogP contribution in [0.4, 0.5) is 0 Å². The molecule has 0 aromatic carbocycles. The van der Waals surface area contributed by atoms with Gasteiger partial charge in [0.2, 0.25) is 0 Å². The van der Waals surface area contributed by atoms with Crippen LogP contribution in [0.3, 0.4) is 0 Å². The highest BCUT2D eigenvalue weighted by atomic mass is 31.2. The Labute approximate surface area is 613 Å². The molecule has 0 aliphatic heterocycles. The van der Waals surface area contributed by atoms with E-state index < -0.39 is 97.5 Å². The summed E-state index contributed by atoms with van der Waals surface area (Å²) in [6.07, 6.45) is 62.2. The van der Waals surface area contributed by atoms with Crippen molar-refractivity contribution in [2.45, 2.75) is 445 Å². The maximum absolute atomic E-state index is 13.1. The molecule has 100 heavy (non-hydrogen) atoms. The van der Waals surface area contributed by atoms with Gasteiger partial charge in [0.1, 0.15) is 19.3 Å². The van der Waals surface area contributed by atoms with Crippen LogP contribution in [0.1, 0.15) is 427 Å². The van der Waals surface area contributed by atoms with Crippen LogP contribution in [-0.2, 0) is 65.4 Å². The molecule has 0 heterocycles. The monoisotopic (exact) mass is 1470 g/mol. The summed E-state index contributed by atoms with van der Waals surface area (Å²) in [4.78, 5) is 73.0. The maximum Gasteiger partial charge on any atom is 0.472 e. The van der Waals surface area contributed by atoms with Gasteiger partial charge >= 0.3 is 39.5 Å². The van der Waals surface area contributed by atoms with Crippen LogP contribution in [0.25, 0.3) is 0 Å². The zero-order chi connectivity index (χ0) is 73.5. The number of hydrogen-bond donors (Lipinski definition) is 3. The first-order valence-corrected chi connectivity index (χ1v) is 45.0. The highest BCUT2D eigenvalue weighted by Gasteiger charge is 2.30. The second-order valence-electron chi connectivity index (χ2n) is 29.9. The first-order valence-electron chi connectivity index (χ1n) is 42.0. The third-order valence-electron chi connectivity index (χ3n) is 19.3. The number of phosphoric ester groups is 2. The predicted octanol–water partition coefficient (Wildman–Crippen LogP) is 24.3. The summed E-state index contributed by atoms with van der Waals surface area (Å²) >= 11 is 0. The average Bonchev–Trinajstić information content (AvgIpc) is 1.04. The van der Waals surface area contributed by atoms with Gasteiger partial charge < -0.3 is 33.8 Å². The molecule has 17 nitrogen and oxygen atoms in total. The fourth-order valence-corrected chi connectivity index (χ4v) is 14.1. The Balaban J connectivity index is 5.25. The number of unbranched alkanes of at least 4 members (excludes halogenated alkanes) is 49. The predicted molar refractivity (Wildman–Crippen MR) is 409 cm³/mol. The lowest BCUT2D eigenvalue weighted by Gasteiger charge is -2.21. The fourth-order valence-electron chi connectivity index (χ4n) is 12.5. The van der Waals surface area contributed by atoms with E-state index in [0.717, 1.165) is 102 Å². The molecule has 0 aliphatic carbocycles. The van der Waals surface area contributed by atoms with Crippen LogP contribution in [0.5, 0.6) is 0 Å². The Morgan fingerprint density at radius 3 is 0.760 bits per heavy atom. The summed E-state index contributed by atoms with van der Waals surface area (Å²) in [5.41, 5.74) is 0. The second kappa shape index (κ2) is 72.6. The molecule has 0 aliphatic rings. The number of phosphoric acid groups is 2. The van der Waals surface area contributed by atoms with E-state index in [1.807, 2.05) is 0 Å². The smallest absolute Gasteiger partial charge is 0.462 e. The van der Waals surface area contributed by atoms with Crippen LogP contribution in [0, 0.1) is 11.8 Å². The summed E-state index contributed by atoms with van der Waals surface area (Å²) < 4.78 is 68.7. The standard InChI is InChI=1S/C81H158O17P2/c1-7-10-12-14-16-18-20-21-22-23-26-29-33-40-46-52-58-64-79(84)92-70-76(97-80(85)65-59-53-47-41-34-30-27-24-25-28-32-37-43-49-55-61-73(4)5)71-95-99(87,88)93-67-75(82)68-94-100(89,90)96-72-77(69-91-78(83)63-57-51-45-39-31-19-17-15-13-11-8-2)98-81(86)66-60-54-48-42-36-35-38-44-50-56-62-74(6)9-3/h73-77,82H,7-72H2,1-6H3,(H,87,88)(H,89,90)/t74?,75-,76-,77-/m1/s1. The van der Waals surface area contributed by atoms with Gasteiger partial charge in [0.15, 0.2) is 12.2 Å². The first-order chi connectivity index (χ1) is 48.4. The minimum Gasteiger partial charge on any atom is -0.462 e. The van der Waals surface area contributed by atoms with Gasteiger partial charge in [0.25, 0.3) is 0 Å². The SMILES string of the molecule is CCCCCCCCCCCCCCCCCCCC(=O)OC[C@H](COP(=O)(O)OC[C@@H](O)COP(=O)(O)OC[C@@H](COC(=O)CCCCCCCCCCCCC)OC(=O)CCCCCCCCCCCCC(C)CC)OC(=O)CCCCCCCCCCCCCCCCCC(C)C. The van der Waals surface area contributed by atoms with E-state index in [2.05, 4.69) is 41.5 Å². The Bertz CT molecular complexity index is 1930. The number of ether oxygens (including phenoxy) is 4. The van der Waals surface area contributed by atoms with Crippen LogP contribution in [-0.4, -0.2) is 96.7 Å². The van der Waals surface area contributed by atoms with E-state index in [0.29, 0.717) is 25.7 Å². The Kier molecular flexibility index (Phi) is 71.2. The van der Waals surface area contributed by atoms with Gasteiger partial charge in [0, 0.05) is 25.7 Å². The van der Waals surface area contributed by atoms with Crippen molar-refractivity contribution in [2.75, 3.05) is 39.6 Å². The summed E-state index contributed by atoms with van der Waals surface area (Å²) in [6.45, 7) is 9.69. The average molecular weight is 1470 g/mol. The summed E-state index contributed by atoms with van der Waals surface area (Å²) in [7, 11) is -9.92. The van der Waals surface area contributed by atoms with Crippen LogP contribution in [0.2, 0.25) is 0 Å².